The normalized spacial score (nSPS) is 13.6. The maximum Gasteiger partial charge on any atom is 0.168 e. The van der Waals surface area contributed by atoms with Crippen LogP contribution in [0.5, 0.6) is 0 Å². The number of carbonyl (C=O) groups excluding carboxylic acids is 1. The van der Waals surface area contributed by atoms with Crippen LogP contribution in [0.15, 0.2) is 42.5 Å². The molecule has 0 saturated heterocycles. The Labute approximate surface area is 151 Å². The summed E-state index contributed by atoms with van der Waals surface area (Å²) in [7, 11) is 0. The number of fused-ring (bicyclic) bond motifs is 1. The molecule has 1 aliphatic carbocycles. The van der Waals surface area contributed by atoms with Gasteiger partial charge in [0.25, 0.3) is 0 Å². The van der Waals surface area contributed by atoms with Gasteiger partial charge in [-0.05, 0) is 74.2 Å². The van der Waals surface area contributed by atoms with E-state index in [4.69, 9.17) is 0 Å². The molecular formula is C21H20FN3O. The fourth-order valence-corrected chi connectivity index (χ4v) is 3.59. The number of rotatable bonds is 3. The first-order valence-electron chi connectivity index (χ1n) is 8.77. The van der Waals surface area contributed by atoms with Crippen LogP contribution in [-0.2, 0) is 6.42 Å². The molecule has 0 aliphatic heterocycles. The average molecular weight is 349 g/mol. The van der Waals surface area contributed by atoms with Crippen molar-refractivity contribution in [1.29, 1.82) is 0 Å². The second-order valence-electron chi connectivity index (χ2n) is 6.84. The van der Waals surface area contributed by atoms with E-state index in [-0.39, 0.29) is 11.6 Å². The van der Waals surface area contributed by atoms with Crippen molar-refractivity contribution in [3.05, 3.63) is 70.7 Å². The van der Waals surface area contributed by atoms with E-state index in [0.717, 1.165) is 41.0 Å². The lowest BCUT2D eigenvalue weighted by atomic mass is 9.95. The van der Waals surface area contributed by atoms with Crippen LogP contribution in [0.2, 0.25) is 0 Å². The molecule has 0 unspecified atom stereocenters. The number of benzene rings is 2. The van der Waals surface area contributed by atoms with Gasteiger partial charge in [-0.25, -0.2) is 9.07 Å². The van der Waals surface area contributed by atoms with Crippen molar-refractivity contribution in [2.75, 3.05) is 5.32 Å². The van der Waals surface area contributed by atoms with Crippen molar-refractivity contribution in [3.8, 4) is 5.69 Å². The molecule has 1 aromatic heterocycles. The molecule has 4 nitrogen and oxygen atoms in total. The SMILES string of the molecule is Cc1cc(C)cc(Nc2nn(-c3ccc(F)cc3)c3c2C(=O)CCC3)c1. The zero-order valence-corrected chi connectivity index (χ0v) is 14.8. The Morgan fingerprint density at radius 2 is 1.73 bits per heavy atom. The molecule has 2 aromatic carbocycles. The van der Waals surface area contributed by atoms with Crippen LogP contribution in [0.3, 0.4) is 0 Å². The van der Waals surface area contributed by atoms with Crippen LogP contribution in [-0.4, -0.2) is 15.6 Å². The number of halogens is 1. The summed E-state index contributed by atoms with van der Waals surface area (Å²) in [5.74, 6) is 0.380. The maximum atomic E-state index is 13.3. The van der Waals surface area contributed by atoms with Crippen LogP contribution >= 0.6 is 0 Å². The molecule has 1 heterocycles. The monoisotopic (exact) mass is 349 g/mol. The molecule has 3 aromatic rings. The summed E-state index contributed by atoms with van der Waals surface area (Å²) in [6.07, 6.45) is 2.12. The number of hydrogen-bond acceptors (Lipinski definition) is 3. The van der Waals surface area contributed by atoms with Gasteiger partial charge in [0.05, 0.1) is 16.9 Å². The Balaban J connectivity index is 1.81. The van der Waals surface area contributed by atoms with Gasteiger partial charge in [0.15, 0.2) is 11.6 Å². The minimum Gasteiger partial charge on any atom is -0.338 e. The first kappa shape index (κ1) is 16.5. The number of nitrogens with one attached hydrogen (secondary N) is 1. The number of carbonyl (C=O) groups is 1. The van der Waals surface area contributed by atoms with E-state index < -0.39 is 0 Å². The topological polar surface area (TPSA) is 46.9 Å². The number of Topliss-reactive ketones (excluding diaryl/α,β-unsaturated/α-hetero) is 1. The highest BCUT2D eigenvalue weighted by atomic mass is 19.1. The third kappa shape index (κ3) is 3.01. The molecule has 26 heavy (non-hydrogen) atoms. The van der Waals surface area contributed by atoms with Crippen LogP contribution in [0.1, 0.15) is 40.0 Å². The molecule has 0 saturated carbocycles. The van der Waals surface area contributed by atoms with Gasteiger partial charge >= 0.3 is 0 Å². The average Bonchev–Trinajstić information content (AvgIpc) is 2.94. The highest BCUT2D eigenvalue weighted by Crippen LogP contribution is 2.32. The van der Waals surface area contributed by atoms with Crippen molar-refractivity contribution in [1.82, 2.24) is 9.78 Å². The molecule has 4 rings (SSSR count). The molecule has 0 fully saturated rings. The minimum atomic E-state index is -0.292. The van der Waals surface area contributed by atoms with Crippen molar-refractivity contribution in [3.63, 3.8) is 0 Å². The highest BCUT2D eigenvalue weighted by molar-refractivity contribution is 6.03. The standard InChI is InChI=1S/C21H20FN3O/c1-13-10-14(2)12-16(11-13)23-21-20-18(4-3-5-19(20)26)25(24-21)17-8-6-15(22)7-9-17/h6-12H,3-5H2,1-2H3,(H,23,24). The van der Waals surface area contributed by atoms with Crippen LogP contribution in [0, 0.1) is 19.7 Å². The molecule has 1 N–H and O–H groups in total. The van der Waals surface area contributed by atoms with E-state index in [1.165, 1.54) is 12.1 Å². The Hall–Kier alpha value is -2.95. The summed E-state index contributed by atoms with van der Waals surface area (Å²) < 4.78 is 15.0. The smallest absolute Gasteiger partial charge is 0.168 e. The summed E-state index contributed by atoms with van der Waals surface area (Å²) in [6.45, 7) is 4.08. The van der Waals surface area contributed by atoms with Gasteiger partial charge in [-0.15, -0.1) is 5.10 Å². The zero-order valence-electron chi connectivity index (χ0n) is 14.8. The van der Waals surface area contributed by atoms with E-state index >= 15 is 0 Å². The number of aromatic nitrogens is 2. The number of nitrogens with zero attached hydrogens (tertiary/aromatic N) is 2. The summed E-state index contributed by atoms with van der Waals surface area (Å²) in [5.41, 5.74) is 5.49. The van der Waals surface area contributed by atoms with Gasteiger partial charge in [-0.3, -0.25) is 4.79 Å². The third-order valence-corrected chi connectivity index (χ3v) is 4.63. The second kappa shape index (κ2) is 6.41. The van der Waals surface area contributed by atoms with Gasteiger partial charge in [-0.2, -0.15) is 0 Å². The predicted octanol–water partition coefficient (Wildman–Crippen LogP) is 4.89. The van der Waals surface area contributed by atoms with E-state index in [9.17, 15) is 9.18 Å². The van der Waals surface area contributed by atoms with E-state index in [2.05, 4.69) is 16.5 Å². The molecular weight excluding hydrogens is 329 g/mol. The predicted molar refractivity (Wildman–Crippen MR) is 100.0 cm³/mol. The van der Waals surface area contributed by atoms with Crippen molar-refractivity contribution in [2.24, 2.45) is 0 Å². The molecule has 0 bridgehead atoms. The molecule has 0 amide bonds. The summed E-state index contributed by atoms with van der Waals surface area (Å²) in [6, 6.07) is 12.3. The van der Waals surface area contributed by atoms with Crippen LogP contribution < -0.4 is 5.32 Å². The molecule has 132 valence electrons. The Kier molecular flexibility index (Phi) is 4.07. The van der Waals surface area contributed by atoms with Gasteiger partial charge in [0.1, 0.15) is 5.82 Å². The van der Waals surface area contributed by atoms with E-state index in [1.807, 2.05) is 26.0 Å². The molecule has 0 radical (unpaired) electrons. The van der Waals surface area contributed by atoms with Crippen molar-refractivity contribution in [2.45, 2.75) is 33.1 Å². The lowest BCUT2D eigenvalue weighted by Crippen LogP contribution is -2.13. The first-order valence-corrected chi connectivity index (χ1v) is 8.77. The molecule has 5 heteroatoms. The van der Waals surface area contributed by atoms with Gasteiger partial charge in [0.2, 0.25) is 0 Å². The summed E-state index contributed by atoms with van der Waals surface area (Å²) in [5, 5.41) is 7.98. The zero-order chi connectivity index (χ0) is 18.3. The molecule has 0 atom stereocenters. The van der Waals surface area contributed by atoms with Crippen LogP contribution in [0.4, 0.5) is 15.9 Å². The summed E-state index contributed by atoms with van der Waals surface area (Å²) >= 11 is 0. The minimum absolute atomic E-state index is 0.103. The fraction of sp³-hybridized carbons (Fsp3) is 0.238. The highest BCUT2D eigenvalue weighted by Gasteiger charge is 2.27. The maximum absolute atomic E-state index is 13.3. The summed E-state index contributed by atoms with van der Waals surface area (Å²) in [4.78, 5) is 12.6. The van der Waals surface area contributed by atoms with Crippen molar-refractivity contribution >= 4 is 17.3 Å². The molecule has 0 spiro atoms. The molecule has 1 aliphatic rings. The van der Waals surface area contributed by atoms with Gasteiger partial charge in [0, 0.05) is 12.1 Å². The number of hydrogen-bond donors (Lipinski definition) is 1. The third-order valence-electron chi connectivity index (χ3n) is 4.63. The number of anilines is 2. The number of aryl methyl sites for hydroxylation is 2. The Morgan fingerprint density at radius 1 is 1.04 bits per heavy atom. The largest absolute Gasteiger partial charge is 0.338 e. The lowest BCUT2D eigenvalue weighted by Gasteiger charge is -2.13. The Morgan fingerprint density at radius 3 is 2.42 bits per heavy atom. The first-order chi connectivity index (χ1) is 12.5. The fourth-order valence-electron chi connectivity index (χ4n) is 3.59. The van der Waals surface area contributed by atoms with Gasteiger partial charge in [-0.1, -0.05) is 6.07 Å². The van der Waals surface area contributed by atoms with Crippen LogP contribution in [0.25, 0.3) is 5.69 Å². The number of ketones is 1. The second-order valence-corrected chi connectivity index (χ2v) is 6.84. The van der Waals surface area contributed by atoms with E-state index in [0.29, 0.717) is 17.8 Å². The van der Waals surface area contributed by atoms with Crippen molar-refractivity contribution < 1.29 is 9.18 Å². The van der Waals surface area contributed by atoms with E-state index in [1.54, 1.807) is 16.8 Å². The van der Waals surface area contributed by atoms with Gasteiger partial charge < -0.3 is 5.32 Å². The Bertz CT molecular complexity index is 969. The lowest BCUT2D eigenvalue weighted by molar-refractivity contribution is 0.0973. The quantitative estimate of drug-likeness (QED) is 0.732.